The lowest BCUT2D eigenvalue weighted by Crippen LogP contribution is -2.29. The van der Waals surface area contributed by atoms with Crippen LogP contribution in [0.2, 0.25) is 5.02 Å². The molecule has 1 aliphatic heterocycles. The SMILES string of the molecule is O=C(Nc1ccc(N2C(=O)c3ccccc3C2=O)c(Cl)c1)c1ccccc1OC(F)F. The predicted octanol–water partition coefficient (Wildman–Crippen LogP) is 4.99. The minimum atomic E-state index is -3.08. The summed E-state index contributed by atoms with van der Waals surface area (Å²) in [7, 11) is 0. The van der Waals surface area contributed by atoms with Gasteiger partial charge in [-0.25, -0.2) is 4.90 Å². The molecule has 3 aromatic rings. The van der Waals surface area contributed by atoms with E-state index in [0.29, 0.717) is 0 Å². The van der Waals surface area contributed by atoms with Gasteiger partial charge in [-0.05, 0) is 42.5 Å². The molecule has 0 bridgehead atoms. The second kappa shape index (κ2) is 8.16. The maximum absolute atomic E-state index is 12.6. The Bertz CT molecular complexity index is 1180. The summed E-state index contributed by atoms with van der Waals surface area (Å²) < 4.78 is 29.5. The monoisotopic (exact) mass is 442 g/mol. The lowest BCUT2D eigenvalue weighted by atomic mass is 10.1. The molecule has 6 nitrogen and oxygen atoms in total. The molecule has 31 heavy (non-hydrogen) atoms. The fraction of sp³-hybridized carbons (Fsp3) is 0.0455. The molecule has 0 unspecified atom stereocenters. The number of ether oxygens (including phenoxy) is 1. The van der Waals surface area contributed by atoms with Crippen molar-refractivity contribution in [1.29, 1.82) is 0 Å². The van der Waals surface area contributed by atoms with Crippen molar-refractivity contribution in [2.24, 2.45) is 0 Å². The highest BCUT2D eigenvalue weighted by atomic mass is 35.5. The number of anilines is 2. The standard InChI is InChI=1S/C22H13ClF2N2O4/c23-16-11-12(26-19(28)15-7-3-4-8-18(15)31-22(24)25)9-10-17(16)27-20(29)13-5-1-2-6-14(13)21(27)30/h1-11,22H,(H,26,28). The van der Waals surface area contributed by atoms with Gasteiger partial charge in [0.1, 0.15) is 5.75 Å². The fourth-order valence-corrected chi connectivity index (χ4v) is 3.49. The molecule has 0 saturated heterocycles. The van der Waals surface area contributed by atoms with Crippen LogP contribution in [0.5, 0.6) is 5.75 Å². The second-order valence-electron chi connectivity index (χ2n) is 6.49. The first-order chi connectivity index (χ1) is 14.9. The number of hydrogen-bond donors (Lipinski definition) is 1. The molecule has 1 aliphatic rings. The number of nitrogens with one attached hydrogen (secondary N) is 1. The van der Waals surface area contributed by atoms with E-state index < -0.39 is 24.3 Å². The number of imide groups is 1. The highest BCUT2D eigenvalue weighted by Gasteiger charge is 2.37. The van der Waals surface area contributed by atoms with Crippen LogP contribution in [0.3, 0.4) is 0 Å². The number of halogens is 3. The highest BCUT2D eigenvalue weighted by molar-refractivity contribution is 6.40. The van der Waals surface area contributed by atoms with Crippen molar-refractivity contribution in [2.75, 3.05) is 10.2 Å². The Labute approximate surface area is 180 Å². The lowest BCUT2D eigenvalue weighted by Gasteiger charge is -2.17. The molecule has 0 aromatic heterocycles. The average Bonchev–Trinajstić information content (AvgIpc) is 2.99. The number of benzene rings is 3. The summed E-state index contributed by atoms with van der Waals surface area (Å²) in [4.78, 5) is 38.8. The summed E-state index contributed by atoms with van der Waals surface area (Å²) in [5, 5.41) is 2.58. The van der Waals surface area contributed by atoms with E-state index in [9.17, 15) is 23.2 Å². The Kier molecular flexibility index (Phi) is 5.39. The van der Waals surface area contributed by atoms with Gasteiger partial charge in [0.15, 0.2) is 0 Å². The van der Waals surface area contributed by atoms with E-state index in [1.54, 1.807) is 24.3 Å². The van der Waals surface area contributed by atoms with Gasteiger partial charge in [0.2, 0.25) is 0 Å². The predicted molar refractivity (Wildman–Crippen MR) is 110 cm³/mol. The Morgan fingerprint density at radius 3 is 2.16 bits per heavy atom. The smallest absolute Gasteiger partial charge is 0.387 e. The minimum Gasteiger partial charge on any atom is -0.434 e. The largest absolute Gasteiger partial charge is 0.434 e. The van der Waals surface area contributed by atoms with Crippen LogP contribution in [0.4, 0.5) is 20.2 Å². The summed E-state index contributed by atoms with van der Waals surface area (Å²) in [6.07, 6.45) is 0. The van der Waals surface area contributed by atoms with E-state index in [1.807, 2.05) is 0 Å². The van der Waals surface area contributed by atoms with Crippen LogP contribution in [0.25, 0.3) is 0 Å². The third-order valence-electron chi connectivity index (χ3n) is 4.59. The van der Waals surface area contributed by atoms with Gasteiger partial charge < -0.3 is 10.1 Å². The molecule has 0 saturated carbocycles. The molecule has 0 spiro atoms. The number of nitrogens with zero attached hydrogens (tertiary/aromatic N) is 1. The van der Waals surface area contributed by atoms with Crippen LogP contribution >= 0.6 is 11.6 Å². The molecule has 0 radical (unpaired) electrons. The van der Waals surface area contributed by atoms with E-state index in [0.717, 1.165) is 4.90 Å². The maximum Gasteiger partial charge on any atom is 0.387 e. The lowest BCUT2D eigenvalue weighted by molar-refractivity contribution is -0.0501. The van der Waals surface area contributed by atoms with Gasteiger partial charge in [-0.2, -0.15) is 8.78 Å². The van der Waals surface area contributed by atoms with Gasteiger partial charge in [0.05, 0.1) is 27.4 Å². The summed E-state index contributed by atoms with van der Waals surface area (Å²) in [5.74, 6) is -1.97. The molecule has 0 atom stereocenters. The van der Waals surface area contributed by atoms with Crippen molar-refractivity contribution in [3.63, 3.8) is 0 Å². The van der Waals surface area contributed by atoms with E-state index >= 15 is 0 Å². The Hall–Kier alpha value is -3.78. The molecule has 156 valence electrons. The number of hydrogen-bond acceptors (Lipinski definition) is 4. The van der Waals surface area contributed by atoms with Crippen molar-refractivity contribution in [1.82, 2.24) is 0 Å². The summed E-state index contributed by atoms with van der Waals surface area (Å²) in [5.41, 5.74) is 0.853. The number of para-hydroxylation sites is 1. The van der Waals surface area contributed by atoms with Crippen molar-refractivity contribution in [3.8, 4) is 5.75 Å². The van der Waals surface area contributed by atoms with Crippen LogP contribution in [0.1, 0.15) is 31.1 Å². The Balaban J connectivity index is 1.58. The van der Waals surface area contributed by atoms with Gasteiger partial charge >= 0.3 is 6.61 Å². The van der Waals surface area contributed by atoms with Crippen LogP contribution < -0.4 is 15.0 Å². The first-order valence-corrected chi connectivity index (χ1v) is 9.37. The Morgan fingerprint density at radius 1 is 0.935 bits per heavy atom. The topological polar surface area (TPSA) is 75.7 Å². The van der Waals surface area contributed by atoms with Crippen molar-refractivity contribution in [2.45, 2.75) is 6.61 Å². The number of carbonyl (C=O) groups is 3. The highest BCUT2D eigenvalue weighted by Crippen LogP contribution is 2.35. The average molecular weight is 443 g/mol. The van der Waals surface area contributed by atoms with Crippen molar-refractivity contribution < 1.29 is 27.9 Å². The number of carbonyl (C=O) groups excluding carboxylic acids is 3. The van der Waals surface area contributed by atoms with Crippen molar-refractivity contribution >= 4 is 40.7 Å². The zero-order valence-electron chi connectivity index (χ0n) is 15.6. The van der Waals surface area contributed by atoms with Gasteiger partial charge in [0, 0.05) is 5.69 Å². The van der Waals surface area contributed by atoms with Crippen LogP contribution in [0.15, 0.2) is 66.7 Å². The molecular formula is C22H13ClF2N2O4. The maximum atomic E-state index is 12.6. The minimum absolute atomic E-state index is 0.0458. The molecular weight excluding hydrogens is 430 g/mol. The first kappa shape index (κ1) is 20.5. The molecule has 9 heteroatoms. The van der Waals surface area contributed by atoms with Gasteiger partial charge in [-0.1, -0.05) is 35.9 Å². The van der Waals surface area contributed by atoms with E-state index in [1.165, 1.54) is 42.5 Å². The zero-order valence-corrected chi connectivity index (χ0v) is 16.4. The number of rotatable bonds is 5. The third-order valence-corrected chi connectivity index (χ3v) is 4.89. The first-order valence-electron chi connectivity index (χ1n) is 8.99. The summed E-state index contributed by atoms with van der Waals surface area (Å²) in [6.45, 7) is -3.08. The van der Waals surface area contributed by atoms with E-state index in [-0.39, 0.29) is 38.8 Å². The Morgan fingerprint density at radius 2 is 1.55 bits per heavy atom. The number of alkyl halides is 2. The second-order valence-corrected chi connectivity index (χ2v) is 6.89. The molecule has 3 aromatic carbocycles. The number of fused-ring (bicyclic) bond motifs is 1. The summed E-state index contributed by atoms with van der Waals surface area (Å²) in [6, 6.07) is 16.2. The molecule has 0 aliphatic carbocycles. The quantitative estimate of drug-likeness (QED) is 0.564. The molecule has 1 heterocycles. The van der Waals surface area contributed by atoms with Gasteiger partial charge in [-0.3, -0.25) is 14.4 Å². The van der Waals surface area contributed by atoms with Gasteiger partial charge in [0.25, 0.3) is 17.7 Å². The molecule has 1 N–H and O–H groups in total. The van der Waals surface area contributed by atoms with Crippen LogP contribution in [-0.2, 0) is 0 Å². The van der Waals surface area contributed by atoms with Crippen LogP contribution in [-0.4, -0.2) is 24.3 Å². The molecule has 4 rings (SSSR count). The van der Waals surface area contributed by atoms with Crippen LogP contribution in [0, 0.1) is 0 Å². The zero-order chi connectivity index (χ0) is 22.1. The molecule has 0 fully saturated rings. The van der Waals surface area contributed by atoms with E-state index in [2.05, 4.69) is 10.1 Å². The fourth-order valence-electron chi connectivity index (χ4n) is 3.23. The molecule has 3 amide bonds. The number of amides is 3. The normalized spacial score (nSPS) is 12.8. The third kappa shape index (κ3) is 3.85. The summed E-state index contributed by atoms with van der Waals surface area (Å²) >= 11 is 6.29. The van der Waals surface area contributed by atoms with Gasteiger partial charge in [-0.15, -0.1) is 0 Å². The van der Waals surface area contributed by atoms with E-state index in [4.69, 9.17) is 11.6 Å². The van der Waals surface area contributed by atoms with Crippen molar-refractivity contribution in [3.05, 3.63) is 88.4 Å².